The summed E-state index contributed by atoms with van der Waals surface area (Å²) in [6.45, 7) is 2.74. The lowest BCUT2D eigenvalue weighted by Crippen LogP contribution is -2.14. The van der Waals surface area contributed by atoms with Crippen LogP contribution in [0, 0.1) is 0 Å². The molecular formula is C20H25NO4. The van der Waals surface area contributed by atoms with Gasteiger partial charge in [-0.25, -0.2) is 0 Å². The molecule has 2 aromatic carbocycles. The van der Waals surface area contributed by atoms with Crippen molar-refractivity contribution in [3.63, 3.8) is 0 Å². The van der Waals surface area contributed by atoms with Crippen LogP contribution in [0.3, 0.4) is 0 Å². The first-order valence-electron chi connectivity index (χ1n) is 8.44. The van der Waals surface area contributed by atoms with Gasteiger partial charge in [-0.3, -0.25) is 4.79 Å². The van der Waals surface area contributed by atoms with Gasteiger partial charge < -0.3 is 19.5 Å². The van der Waals surface area contributed by atoms with Crippen molar-refractivity contribution in [1.82, 2.24) is 0 Å². The van der Waals surface area contributed by atoms with Crippen LogP contribution >= 0.6 is 0 Å². The van der Waals surface area contributed by atoms with E-state index in [-0.39, 0.29) is 5.91 Å². The molecule has 0 fully saturated rings. The summed E-state index contributed by atoms with van der Waals surface area (Å²) in [5, 5.41) is 2.87. The average Bonchev–Trinajstić information content (AvgIpc) is 2.65. The number of rotatable bonds is 9. The minimum Gasteiger partial charge on any atom is -0.497 e. The van der Waals surface area contributed by atoms with Gasteiger partial charge in [0.2, 0.25) is 0 Å². The van der Waals surface area contributed by atoms with Crippen LogP contribution in [-0.4, -0.2) is 26.7 Å². The van der Waals surface area contributed by atoms with Crippen molar-refractivity contribution in [2.24, 2.45) is 0 Å². The molecule has 0 aliphatic carbocycles. The largest absolute Gasteiger partial charge is 0.497 e. The molecule has 5 nitrogen and oxygen atoms in total. The van der Waals surface area contributed by atoms with Crippen LogP contribution in [-0.2, 0) is 0 Å². The van der Waals surface area contributed by atoms with E-state index in [4.69, 9.17) is 14.2 Å². The number of hydrogen-bond donors (Lipinski definition) is 1. The molecule has 0 aromatic heterocycles. The second-order valence-corrected chi connectivity index (χ2v) is 5.57. The highest BCUT2D eigenvalue weighted by atomic mass is 16.5. The lowest BCUT2D eigenvalue weighted by molar-refractivity contribution is 0.102. The number of carbonyl (C=O) groups excluding carboxylic acids is 1. The van der Waals surface area contributed by atoms with E-state index in [2.05, 4.69) is 12.2 Å². The zero-order valence-electron chi connectivity index (χ0n) is 15.0. The maximum Gasteiger partial charge on any atom is 0.259 e. The van der Waals surface area contributed by atoms with Crippen molar-refractivity contribution >= 4 is 11.6 Å². The zero-order valence-corrected chi connectivity index (χ0v) is 15.0. The van der Waals surface area contributed by atoms with Gasteiger partial charge in [-0.05, 0) is 30.7 Å². The lowest BCUT2D eigenvalue weighted by atomic mass is 10.1. The summed E-state index contributed by atoms with van der Waals surface area (Å²) in [6, 6.07) is 12.5. The highest BCUT2D eigenvalue weighted by Crippen LogP contribution is 2.30. The average molecular weight is 343 g/mol. The van der Waals surface area contributed by atoms with Gasteiger partial charge in [-0.2, -0.15) is 0 Å². The fraction of sp³-hybridized carbons (Fsp3) is 0.350. The molecule has 134 valence electrons. The molecule has 0 saturated heterocycles. The first-order chi connectivity index (χ1) is 12.2. The second-order valence-electron chi connectivity index (χ2n) is 5.57. The maximum atomic E-state index is 12.7. The molecule has 0 atom stereocenters. The van der Waals surface area contributed by atoms with E-state index in [1.54, 1.807) is 38.5 Å². The van der Waals surface area contributed by atoms with Crippen LogP contribution in [0.5, 0.6) is 17.2 Å². The predicted octanol–water partition coefficient (Wildman–Crippen LogP) is 4.53. The topological polar surface area (TPSA) is 56.8 Å². The maximum absolute atomic E-state index is 12.7. The normalized spacial score (nSPS) is 10.2. The number of amides is 1. The summed E-state index contributed by atoms with van der Waals surface area (Å²) in [7, 11) is 3.13. The first-order valence-corrected chi connectivity index (χ1v) is 8.44. The van der Waals surface area contributed by atoms with Gasteiger partial charge in [0.25, 0.3) is 5.91 Å². The van der Waals surface area contributed by atoms with Gasteiger partial charge in [-0.15, -0.1) is 0 Å². The quantitative estimate of drug-likeness (QED) is 0.680. The number of methoxy groups -OCH3 is 2. The molecule has 0 bridgehead atoms. The third-order valence-electron chi connectivity index (χ3n) is 3.79. The molecule has 2 rings (SSSR count). The van der Waals surface area contributed by atoms with E-state index in [0.29, 0.717) is 35.1 Å². The third-order valence-corrected chi connectivity index (χ3v) is 3.79. The Kier molecular flexibility index (Phi) is 7.14. The summed E-state index contributed by atoms with van der Waals surface area (Å²) in [5.74, 6) is 1.53. The summed E-state index contributed by atoms with van der Waals surface area (Å²) in [6.07, 6.45) is 3.20. The van der Waals surface area contributed by atoms with Crippen molar-refractivity contribution in [1.29, 1.82) is 0 Å². The molecule has 25 heavy (non-hydrogen) atoms. The Labute approximate surface area is 148 Å². The molecule has 0 aliphatic rings. The summed E-state index contributed by atoms with van der Waals surface area (Å²) >= 11 is 0. The van der Waals surface area contributed by atoms with E-state index >= 15 is 0 Å². The first kappa shape index (κ1) is 18.6. The molecule has 1 amide bonds. The number of hydrogen-bond acceptors (Lipinski definition) is 4. The van der Waals surface area contributed by atoms with Crippen molar-refractivity contribution < 1.29 is 19.0 Å². The smallest absolute Gasteiger partial charge is 0.259 e. The molecule has 1 N–H and O–H groups in total. The third kappa shape index (κ3) is 5.14. The molecule has 0 aliphatic heterocycles. The zero-order chi connectivity index (χ0) is 18.1. The van der Waals surface area contributed by atoms with Gasteiger partial charge in [0.1, 0.15) is 17.2 Å². The monoisotopic (exact) mass is 343 g/mol. The molecular weight excluding hydrogens is 318 g/mol. The molecule has 0 unspecified atom stereocenters. The SMILES string of the molecule is CCCCCOc1ccccc1C(=O)Nc1cc(OC)ccc1OC. The lowest BCUT2D eigenvalue weighted by Gasteiger charge is -2.14. The van der Waals surface area contributed by atoms with E-state index in [1.807, 2.05) is 18.2 Å². The Morgan fingerprint density at radius 3 is 2.52 bits per heavy atom. The molecule has 0 spiro atoms. The molecule has 5 heteroatoms. The van der Waals surface area contributed by atoms with Gasteiger partial charge in [0, 0.05) is 6.07 Å². The van der Waals surface area contributed by atoms with Gasteiger partial charge >= 0.3 is 0 Å². The van der Waals surface area contributed by atoms with Crippen LogP contribution < -0.4 is 19.5 Å². The summed E-state index contributed by atoms with van der Waals surface area (Å²) in [5.41, 5.74) is 1.04. The molecule has 0 radical (unpaired) electrons. The van der Waals surface area contributed by atoms with E-state index in [9.17, 15) is 4.79 Å². The van der Waals surface area contributed by atoms with Crippen molar-refractivity contribution in [2.45, 2.75) is 26.2 Å². The summed E-state index contributed by atoms with van der Waals surface area (Å²) < 4.78 is 16.3. The Bertz CT molecular complexity index is 700. The van der Waals surface area contributed by atoms with Crippen molar-refractivity contribution in [3.05, 3.63) is 48.0 Å². The number of unbranched alkanes of at least 4 members (excludes halogenated alkanes) is 2. The summed E-state index contributed by atoms with van der Waals surface area (Å²) in [4.78, 5) is 12.7. The Hall–Kier alpha value is -2.69. The number of anilines is 1. The Balaban J connectivity index is 2.16. The van der Waals surface area contributed by atoms with E-state index < -0.39 is 0 Å². The number of benzene rings is 2. The molecule has 0 heterocycles. The molecule has 2 aromatic rings. The number of para-hydroxylation sites is 1. The van der Waals surface area contributed by atoms with Crippen LogP contribution in [0.2, 0.25) is 0 Å². The van der Waals surface area contributed by atoms with Gasteiger partial charge in [0.05, 0.1) is 32.1 Å². The van der Waals surface area contributed by atoms with E-state index in [1.165, 1.54) is 0 Å². The highest BCUT2D eigenvalue weighted by molar-refractivity contribution is 6.07. The van der Waals surface area contributed by atoms with Crippen LogP contribution in [0.15, 0.2) is 42.5 Å². The Morgan fingerprint density at radius 1 is 1.00 bits per heavy atom. The van der Waals surface area contributed by atoms with Crippen LogP contribution in [0.25, 0.3) is 0 Å². The number of nitrogens with one attached hydrogen (secondary N) is 1. The van der Waals surface area contributed by atoms with E-state index in [0.717, 1.165) is 19.3 Å². The standard InChI is InChI=1S/C20H25NO4/c1-4-5-8-13-25-18-10-7-6-9-16(18)20(22)21-17-14-15(23-2)11-12-19(17)24-3/h6-7,9-12,14H,4-5,8,13H2,1-3H3,(H,21,22). The van der Waals surface area contributed by atoms with Gasteiger partial charge in [0.15, 0.2) is 0 Å². The fourth-order valence-electron chi connectivity index (χ4n) is 2.42. The highest BCUT2D eigenvalue weighted by Gasteiger charge is 2.15. The minimum absolute atomic E-state index is 0.252. The number of carbonyl (C=O) groups is 1. The van der Waals surface area contributed by atoms with Gasteiger partial charge in [-0.1, -0.05) is 31.9 Å². The molecule has 0 saturated carbocycles. The second kappa shape index (κ2) is 9.57. The minimum atomic E-state index is -0.252. The Morgan fingerprint density at radius 2 is 1.80 bits per heavy atom. The number of ether oxygens (including phenoxy) is 3. The fourth-order valence-corrected chi connectivity index (χ4v) is 2.42. The van der Waals surface area contributed by atoms with Crippen molar-refractivity contribution in [2.75, 3.05) is 26.1 Å². The van der Waals surface area contributed by atoms with Crippen LogP contribution in [0.1, 0.15) is 36.5 Å². The predicted molar refractivity (Wildman–Crippen MR) is 99.0 cm³/mol. The van der Waals surface area contributed by atoms with Crippen molar-refractivity contribution in [3.8, 4) is 17.2 Å². The van der Waals surface area contributed by atoms with Crippen LogP contribution in [0.4, 0.5) is 5.69 Å².